The maximum absolute atomic E-state index is 12.1. The van der Waals surface area contributed by atoms with Crippen molar-refractivity contribution in [1.82, 2.24) is 9.97 Å². The topological polar surface area (TPSA) is 58.1 Å². The van der Waals surface area contributed by atoms with Crippen LogP contribution in [0.4, 0.5) is 11.4 Å². The molecular formula is C17H22N4OS. The fraction of sp³-hybridized carbons (Fsp3) is 0.353. The number of aromatic nitrogens is 2. The molecule has 6 heteroatoms. The van der Waals surface area contributed by atoms with E-state index in [1.54, 1.807) is 0 Å². The summed E-state index contributed by atoms with van der Waals surface area (Å²) in [5.74, 6) is 0.232. The average Bonchev–Trinajstić information content (AvgIpc) is 2.46. The minimum Gasteiger partial charge on any atom is -0.378 e. The summed E-state index contributed by atoms with van der Waals surface area (Å²) in [4.78, 5) is 22.8. The van der Waals surface area contributed by atoms with Crippen LogP contribution in [0.15, 0.2) is 29.4 Å². The van der Waals surface area contributed by atoms with Crippen LogP contribution in [0.2, 0.25) is 0 Å². The maximum Gasteiger partial charge on any atom is 0.234 e. The van der Waals surface area contributed by atoms with Gasteiger partial charge in [0.25, 0.3) is 0 Å². The van der Waals surface area contributed by atoms with Crippen LogP contribution in [0.25, 0.3) is 0 Å². The smallest absolute Gasteiger partial charge is 0.234 e. The van der Waals surface area contributed by atoms with Gasteiger partial charge >= 0.3 is 0 Å². The lowest BCUT2D eigenvalue weighted by molar-refractivity contribution is -0.113. The van der Waals surface area contributed by atoms with Gasteiger partial charge in [-0.2, -0.15) is 0 Å². The molecule has 1 N–H and O–H groups in total. The monoisotopic (exact) mass is 330 g/mol. The number of thioether (sulfide) groups is 1. The van der Waals surface area contributed by atoms with Gasteiger partial charge < -0.3 is 10.2 Å². The van der Waals surface area contributed by atoms with E-state index in [0.29, 0.717) is 5.16 Å². The molecule has 0 atom stereocenters. The lowest BCUT2D eigenvalue weighted by Crippen LogP contribution is -2.16. The number of rotatable bonds is 5. The van der Waals surface area contributed by atoms with E-state index in [9.17, 15) is 4.79 Å². The van der Waals surface area contributed by atoms with Crippen molar-refractivity contribution in [3.05, 3.63) is 41.2 Å². The SMILES string of the molecule is Cc1cc(C)nc(SCC(=O)Nc2ccc(N(C)C)cc2C)n1. The molecule has 1 aromatic heterocycles. The Labute approximate surface area is 141 Å². The lowest BCUT2D eigenvalue weighted by atomic mass is 10.1. The maximum atomic E-state index is 12.1. The third kappa shape index (κ3) is 4.96. The van der Waals surface area contributed by atoms with Crippen molar-refractivity contribution in [2.45, 2.75) is 25.9 Å². The summed E-state index contributed by atoms with van der Waals surface area (Å²) < 4.78 is 0. The van der Waals surface area contributed by atoms with Gasteiger partial charge in [-0.1, -0.05) is 11.8 Å². The van der Waals surface area contributed by atoms with E-state index in [1.165, 1.54) is 11.8 Å². The van der Waals surface area contributed by atoms with E-state index in [-0.39, 0.29) is 11.7 Å². The van der Waals surface area contributed by atoms with E-state index >= 15 is 0 Å². The largest absolute Gasteiger partial charge is 0.378 e. The first-order chi connectivity index (χ1) is 10.8. The van der Waals surface area contributed by atoms with E-state index < -0.39 is 0 Å². The zero-order chi connectivity index (χ0) is 17.0. The van der Waals surface area contributed by atoms with Crippen LogP contribution in [-0.2, 0) is 4.79 Å². The highest BCUT2D eigenvalue weighted by molar-refractivity contribution is 7.99. The second-order valence-electron chi connectivity index (χ2n) is 5.66. The van der Waals surface area contributed by atoms with Gasteiger partial charge in [0.1, 0.15) is 0 Å². The second kappa shape index (κ2) is 7.46. The highest BCUT2D eigenvalue weighted by Crippen LogP contribution is 2.22. The van der Waals surface area contributed by atoms with Crippen LogP contribution >= 0.6 is 11.8 Å². The number of benzene rings is 1. The third-order valence-corrected chi connectivity index (χ3v) is 4.14. The third-order valence-electron chi connectivity index (χ3n) is 3.29. The summed E-state index contributed by atoms with van der Waals surface area (Å²) in [6.45, 7) is 5.84. The number of hydrogen-bond donors (Lipinski definition) is 1. The lowest BCUT2D eigenvalue weighted by Gasteiger charge is -2.15. The minimum absolute atomic E-state index is 0.0570. The average molecular weight is 330 g/mol. The first-order valence-electron chi connectivity index (χ1n) is 7.38. The second-order valence-corrected chi connectivity index (χ2v) is 6.61. The first-order valence-corrected chi connectivity index (χ1v) is 8.36. The Balaban J connectivity index is 1.97. The fourth-order valence-corrected chi connectivity index (χ4v) is 2.89. The Kier molecular flexibility index (Phi) is 5.60. The number of hydrogen-bond acceptors (Lipinski definition) is 5. The molecule has 0 unspecified atom stereocenters. The molecule has 0 saturated heterocycles. The van der Waals surface area contributed by atoms with Crippen LogP contribution in [0.5, 0.6) is 0 Å². The van der Waals surface area contributed by atoms with Crippen molar-refractivity contribution < 1.29 is 4.79 Å². The minimum atomic E-state index is -0.0570. The van der Waals surface area contributed by atoms with Crippen LogP contribution in [0, 0.1) is 20.8 Å². The van der Waals surface area contributed by atoms with E-state index in [2.05, 4.69) is 21.4 Å². The van der Waals surface area contributed by atoms with E-state index in [1.807, 2.05) is 58.0 Å². The molecule has 122 valence electrons. The Hall–Kier alpha value is -2.08. The van der Waals surface area contributed by atoms with E-state index in [4.69, 9.17) is 0 Å². The summed E-state index contributed by atoms with van der Waals surface area (Å²) >= 11 is 1.35. The van der Waals surface area contributed by atoms with Crippen LogP contribution in [0.1, 0.15) is 17.0 Å². The van der Waals surface area contributed by atoms with Crippen molar-refractivity contribution in [3.8, 4) is 0 Å². The van der Waals surface area contributed by atoms with Crippen molar-refractivity contribution in [2.24, 2.45) is 0 Å². The molecule has 1 heterocycles. The molecule has 0 spiro atoms. The number of nitrogens with zero attached hydrogens (tertiary/aromatic N) is 3. The Morgan fingerprint density at radius 1 is 1.13 bits per heavy atom. The molecule has 2 rings (SSSR count). The summed E-state index contributed by atoms with van der Waals surface area (Å²) in [7, 11) is 3.99. The standard InChI is InChI=1S/C17H22N4OS/c1-11-8-14(21(4)5)6-7-15(11)20-16(22)10-23-17-18-12(2)9-13(3)19-17/h6-9H,10H2,1-5H3,(H,20,22). The Morgan fingerprint density at radius 2 is 1.78 bits per heavy atom. The van der Waals surface area contributed by atoms with Crippen molar-refractivity contribution in [3.63, 3.8) is 0 Å². The van der Waals surface area contributed by atoms with Gasteiger partial charge in [-0.3, -0.25) is 4.79 Å². The molecule has 0 aliphatic heterocycles. The number of carbonyl (C=O) groups is 1. The Bertz CT molecular complexity index is 695. The molecule has 2 aromatic rings. The zero-order valence-corrected chi connectivity index (χ0v) is 15.0. The number of amides is 1. The molecule has 0 aliphatic carbocycles. The van der Waals surface area contributed by atoms with Crippen LogP contribution in [0.3, 0.4) is 0 Å². The summed E-state index contributed by atoms with van der Waals surface area (Å²) in [5, 5.41) is 3.58. The summed E-state index contributed by atoms with van der Waals surface area (Å²) in [6, 6.07) is 7.89. The summed E-state index contributed by atoms with van der Waals surface area (Å²) in [5.41, 5.74) is 4.81. The quantitative estimate of drug-likeness (QED) is 0.674. The highest BCUT2D eigenvalue weighted by Gasteiger charge is 2.09. The number of anilines is 2. The van der Waals surface area contributed by atoms with Crippen molar-refractivity contribution >= 4 is 29.0 Å². The van der Waals surface area contributed by atoms with Gasteiger partial charge in [0.2, 0.25) is 5.91 Å². The van der Waals surface area contributed by atoms with Gasteiger partial charge in [0, 0.05) is 36.9 Å². The van der Waals surface area contributed by atoms with Gasteiger partial charge in [0.15, 0.2) is 5.16 Å². The Morgan fingerprint density at radius 3 is 2.35 bits per heavy atom. The molecule has 0 radical (unpaired) electrons. The van der Waals surface area contributed by atoms with Crippen LogP contribution < -0.4 is 10.2 Å². The number of carbonyl (C=O) groups excluding carboxylic acids is 1. The van der Waals surface area contributed by atoms with Crippen molar-refractivity contribution in [2.75, 3.05) is 30.1 Å². The molecule has 1 aromatic carbocycles. The molecule has 0 bridgehead atoms. The molecule has 1 amide bonds. The van der Waals surface area contributed by atoms with Gasteiger partial charge in [-0.05, 0) is 50.6 Å². The predicted molar refractivity (Wildman–Crippen MR) is 96.4 cm³/mol. The fourth-order valence-electron chi connectivity index (χ4n) is 2.14. The van der Waals surface area contributed by atoms with Gasteiger partial charge in [-0.25, -0.2) is 9.97 Å². The zero-order valence-electron chi connectivity index (χ0n) is 14.2. The molecule has 0 fully saturated rings. The summed E-state index contributed by atoms with van der Waals surface area (Å²) in [6.07, 6.45) is 0. The molecular weight excluding hydrogens is 308 g/mol. The molecule has 5 nitrogen and oxygen atoms in total. The van der Waals surface area contributed by atoms with Gasteiger partial charge in [0.05, 0.1) is 5.75 Å². The van der Waals surface area contributed by atoms with Gasteiger partial charge in [-0.15, -0.1) is 0 Å². The first kappa shape index (κ1) is 17.3. The normalized spacial score (nSPS) is 10.5. The molecule has 23 heavy (non-hydrogen) atoms. The predicted octanol–water partition coefficient (Wildman–Crippen LogP) is 3.20. The van der Waals surface area contributed by atoms with Crippen molar-refractivity contribution in [1.29, 1.82) is 0 Å². The number of aryl methyl sites for hydroxylation is 3. The van der Waals surface area contributed by atoms with Crippen LogP contribution in [-0.4, -0.2) is 35.7 Å². The highest BCUT2D eigenvalue weighted by atomic mass is 32.2. The van der Waals surface area contributed by atoms with E-state index in [0.717, 1.165) is 28.3 Å². The molecule has 0 aliphatic rings. The number of nitrogens with one attached hydrogen (secondary N) is 1. The molecule has 0 saturated carbocycles.